The predicted molar refractivity (Wildman–Crippen MR) is 103 cm³/mol. The molecule has 1 aromatic heterocycles. The number of nitrogens with one attached hydrogen (secondary N) is 1. The van der Waals surface area contributed by atoms with Gasteiger partial charge in [-0.05, 0) is 30.7 Å². The van der Waals surface area contributed by atoms with Gasteiger partial charge in [0.2, 0.25) is 5.91 Å². The van der Waals surface area contributed by atoms with Crippen LogP contribution in [0, 0.1) is 10.1 Å². The van der Waals surface area contributed by atoms with Gasteiger partial charge in [-0.3, -0.25) is 19.8 Å². The number of anilines is 1. The zero-order valence-electron chi connectivity index (χ0n) is 14.7. The van der Waals surface area contributed by atoms with E-state index in [1.807, 2.05) is 0 Å². The van der Waals surface area contributed by atoms with Crippen molar-refractivity contribution in [1.29, 1.82) is 0 Å². The lowest BCUT2D eigenvalue weighted by molar-refractivity contribution is -0.383. The third-order valence-corrected chi connectivity index (χ3v) is 6.43. The fourth-order valence-corrected chi connectivity index (χ4v) is 5.04. The molecule has 2 aromatic rings. The van der Waals surface area contributed by atoms with Crippen LogP contribution in [0.3, 0.4) is 0 Å². The van der Waals surface area contributed by atoms with Crippen LogP contribution in [0.25, 0.3) is 0 Å². The molecule has 1 amide bonds. The molecule has 0 saturated carbocycles. The van der Waals surface area contributed by atoms with Gasteiger partial charge in [-0.1, -0.05) is 11.6 Å². The first-order chi connectivity index (χ1) is 13.2. The van der Waals surface area contributed by atoms with E-state index < -0.39 is 20.7 Å². The number of carbonyl (C=O) groups is 1. The molecule has 0 aliphatic carbocycles. The van der Waals surface area contributed by atoms with E-state index in [0.717, 1.165) is 6.07 Å². The van der Waals surface area contributed by atoms with Gasteiger partial charge in [-0.25, -0.2) is 8.42 Å². The van der Waals surface area contributed by atoms with E-state index in [0.29, 0.717) is 12.2 Å². The Morgan fingerprint density at radius 2 is 2.18 bits per heavy atom. The number of hydrogen-bond acceptors (Lipinski definition) is 7. The van der Waals surface area contributed by atoms with Crippen molar-refractivity contribution in [2.24, 2.45) is 0 Å². The molecule has 0 spiro atoms. The van der Waals surface area contributed by atoms with Crippen LogP contribution in [0.4, 0.5) is 11.4 Å². The third kappa shape index (κ3) is 5.09. The molecule has 0 bridgehead atoms. The monoisotopic (exact) mass is 427 g/mol. The van der Waals surface area contributed by atoms with Crippen LogP contribution in [0.2, 0.25) is 5.02 Å². The first kappa shape index (κ1) is 20.3. The molecule has 0 unspecified atom stereocenters. The van der Waals surface area contributed by atoms with Crippen LogP contribution in [-0.4, -0.2) is 48.2 Å². The van der Waals surface area contributed by atoms with Crippen LogP contribution in [0.15, 0.2) is 41.0 Å². The Morgan fingerprint density at radius 3 is 2.79 bits per heavy atom. The fourth-order valence-electron chi connectivity index (χ4n) is 3.12. The summed E-state index contributed by atoms with van der Waals surface area (Å²) in [5.74, 6) is 0.120. The van der Waals surface area contributed by atoms with Crippen LogP contribution in [0.1, 0.15) is 12.2 Å². The normalized spacial score (nSPS) is 18.3. The molecule has 3 rings (SSSR count). The second-order valence-corrected chi connectivity index (χ2v) is 9.17. The van der Waals surface area contributed by atoms with E-state index in [-0.39, 0.29) is 47.0 Å². The smallest absolute Gasteiger partial charge is 0.294 e. The van der Waals surface area contributed by atoms with Gasteiger partial charge in [-0.2, -0.15) is 0 Å². The molecule has 9 nitrogen and oxygen atoms in total. The zero-order chi connectivity index (χ0) is 20.3. The zero-order valence-corrected chi connectivity index (χ0v) is 16.3. The Morgan fingerprint density at radius 1 is 1.39 bits per heavy atom. The van der Waals surface area contributed by atoms with Crippen LogP contribution >= 0.6 is 11.6 Å². The lowest BCUT2D eigenvalue weighted by Crippen LogP contribution is -2.41. The minimum absolute atomic E-state index is 0.0244. The number of carbonyl (C=O) groups excluding carboxylic acids is 1. The number of nitro benzene ring substituents is 1. The Labute approximate surface area is 166 Å². The van der Waals surface area contributed by atoms with Gasteiger partial charge >= 0.3 is 0 Å². The van der Waals surface area contributed by atoms with Crippen molar-refractivity contribution in [2.75, 3.05) is 23.4 Å². The topological polar surface area (TPSA) is 123 Å². The molecule has 1 fully saturated rings. The highest BCUT2D eigenvalue weighted by molar-refractivity contribution is 7.91. The van der Waals surface area contributed by atoms with E-state index >= 15 is 0 Å². The van der Waals surface area contributed by atoms with Gasteiger partial charge in [0.25, 0.3) is 5.69 Å². The summed E-state index contributed by atoms with van der Waals surface area (Å²) in [6.07, 6.45) is 1.91. The van der Waals surface area contributed by atoms with Gasteiger partial charge in [0.15, 0.2) is 9.84 Å². The van der Waals surface area contributed by atoms with E-state index in [4.69, 9.17) is 16.0 Å². The second-order valence-electron chi connectivity index (χ2n) is 6.51. The second kappa shape index (κ2) is 8.29. The molecule has 11 heteroatoms. The summed E-state index contributed by atoms with van der Waals surface area (Å²) in [5.41, 5.74) is -0.293. The molecule has 1 aliphatic heterocycles. The van der Waals surface area contributed by atoms with Crippen LogP contribution in [-0.2, 0) is 21.2 Å². The number of nitro groups is 1. The molecule has 1 saturated heterocycles. The summed E-state index contributed by atoms with van der Waals surface area (Å²) in [5, 5.41) is 13.9. The number of amides is 1. The highest BCUT2D eigenvalue weighted by atomic mass is 35.5. The number of benzene rings is 1. The number of hydrogen-bond donors (Lipinski definition) is 1. The third-order valence-electron chi connectivity index (χ3n) is 4.44. The minimum atomic E-state index is -3.14. The van der Waals surface area contributed by atoms with Gasteiger partial charge in [0.05, 0.1) is 35.8 Å². The predicted octanol–water partition coefficient (Wildman–Crippen LogP) is 2.47. The lowest BCUT2D eigenvalue weighted by Gasteiger charge is -2.26. The maximum absolute atomic E-state index is 12.5. The lowest BCUT2D eigenvalue weighted by atomic mass is 10.2. The van der Waals surface area contributed by atoms with E-state index in [1.54, 1.807) is 17.0 Å². The van der Waals surface area contributed by atoms with Crippen molar-refractivity contribution >= 4 is 38.7 Å². The average Bonchev–Trinajstić information content (AvgIpc) is 3.25. The van der Waals surface area contributed by atoms with Gasteiger partial charge < -0.3 is 9.73 Å². The fraction of sp³-hybridized carbons (Fsp3) is 0.353. The molecule has 28 heavy (non-hydrogen) atoms. The molecular formula is C17H18ClN3O6S. The van der Waals surface area contributed by atoms with Gasteiger partial charge in [-0.15, -0.1) is 0 Å². The molecule has 2 heterocycles. The van der Waals surface area contributed by atoms with Gasteiger partial charge in [0, 0.05) is 17.1 Å². The van der Waals surface area contributed by atoms with Crippen LogP contribution < -0.4 is 5.32 Å². The molecule has 0 radical (unpaired) electrons. The summed E-state index contributed by atoms with van der Waals surface area (Å²) >= 11 is 5.78. The quantitative estimate of drug-likeness (QED) is 0.531. The number of nitrogens with zero attached hydrogens (tertiary/aromatic N) is 2. The molecular weight excluding hydrogens is 410 g/mol. The van der Waals surface area contributed by atoms with Crippen molar-refractivity contribution < 1.29 is 22.6 Å². The summed E-state index contributed by atoms with van der Waals surface area (Å²) < 4.78 is 29.0. The minimum Gasteiger partial charge on any atom is -0.468 e. The number of halogens is 1. The SMILES string of the molecule is O=C(CN(Cc1ccco1)[C@@H]1CCS(=O)(=O)C1)Nc1ccc(Cl)cc1[N+](=O)[O-]. The molecule has 150 valence electrons. The van der Waals surface area contributed by atoms with E-state index in [9.17, 15) is 23.3 Å². The van der Waals surface area contributed by atoms with Crippen molar-refractivity contribution in [3.63, 3.8) is 0 Å². The molecule has 1 N–H and O–H groups in total. The summed E-state index contributed by atoms with van der Waals surface area (Å²) in [6, 6.07) is 7.06. The van der Waals surface area contributed by atoms with Crippen molar-refractivity contribution in [2.45, 2.75) is 19.0 Å². The van der Waals surface area contributed by atoms with Crippen molar-refractivity contribution in [3.05, 3.63) is 57.5 Å². The Bertz CT molecular complexity index is 977. The highest BCUT2D eigenvalue weighted by Gasteiger charge is 2.33. The Kier molecular flexibility index (Phi) is 6.01. The maximum atomic E-state index is 12.5. The van der Waals surface area contributed by atoms with Gasteiger partial charge in [0.1, 0.15) is 11.4 Å². The van der Waals surface area contributed by atoms with Crippen LogP contribution in [0.5, 0.6) is 0 Å². The van der Waals surface area contributed by atoms with E-state index in [2.05, 4.69) is 5.32 Å². The van der Waals surface area contributed by atoms with Crippen molar-refractivity contribution in [1.82, 2.24) is 4.90 Å². The van der Waals surface area contributed by atoms with E-state index in [1.165, 1.54) is 18.4 Å². The maximum Gasteiger partial charge on any atom is 0.294 e. The Balaban J connectivity index is 1.75. The Hall–Kier alpha value is -2.43. The first-order valence-corrected chi connectivity index (χ1v) is 10.6. The first-order valence-electron chi connectivity index (χ1n) is 8.44. The highest BCUT2D eigenvalue weighted by Crippen LogP contribution is 2.28. The number of furan rings is 1. The number of sulfone groups is 1. The number of rotatable bonds is 7. The summed E-state index contributed by atoms with van der Waals surface area (Å²) in [4.78, 5) is 24.8. The average molecular weight is 428 g/mol. The molecule has 1 aromatic carbocycles. The molecule has 1 aliphatic rings. The largest absolute Gasteiger partial charge is 0.468 e. The van der Waals surface area contributed by atoms with Crippen molar-refractivity contribution in [3.8, 4) is 0 Å². The summed E-state index contributed by atoms with van der Waals surface area (Å²) in [7, 11) is -3.14. The standard InChI is InChI=1S/C17H18ClN3O6S/c18-12-3-4-15(16(8-12)21(23)24)19-17(22)10-20(9-14-2-1-6-27-14)13-5-7-28(25,26)11-13/h1-4,6,8,13H,5,7,9-11H2,(H,19,22)/t13-/m1/s1. The molecule has 1 atom stereocenters. The summed E-state index contributed by atoms with van der Waals surface area (Å²) in [6.45, 7) is 0.115.